The molecule has 5 nitrogen and oxygen atoms in total. The number of aromatic nitrogens is 1. The van der Waals surface area contributed by atoms with Crippen molar-refractivity contribution in [3.8, 4) is 0 Å². The van der Waals surface area contributed by atoms with Gasteiger partial charge in [-0.2, -0.15) is 0 Å². The third kappa shape index (κ3) is 5.26. The van der Waals surface area contributed by atoms with Gasteiger partial charge in [-0.3, -0.25) is 9.80 Å². The third-order valence-corrected chi connectivity index (χ3v) is 6.23. The van der Waals surface area contributed by atoms with Gasteiger partial charge in [0.05, 0.1) is 0 Å². The van der Waals surface area contributed by atoms with Crippen LogP contribution in [-0.2, 0) is 6.54 Å². The molecule has 3 heterocycles. The molecule has 0 bridgehead atoms. The Labute approximate surface area is 156 Å². The Balaban J connectivity index is 1.55. The van der Waals surface area contributed by atoms with Gasteiger partial charge in [-0.25, -0.2) is 4.98 Å². The van der Waals surface area contributed by atoms with E-state index in [9.17, 15) is 5.11 Å². The number of anilines is 1. The topological polar surface area (TPSA) is 42.8 Å². The highest BCUT2D eigenvalue weighted by Crippen LogP contribution is 2.27. The SMILES string of the molecule is CC(C)=CCN1CCN(Cc2cnc(N3CCCC3)s2)C[C@H]1CCO. The van der Waals surface area contributed by atoms with Gasteiger partial charge in [-0.15, -0.1) is 11.3 Å². The first-order chi connectivity index (χ1) is 12.2. The Morgan fingerprint density at radius 1 is 1.28 bits per heavy atom. The lowest BCUT2D eigenvalue weighted by molar-refractivity contribution is 0.0642. The largest absolute Gasteiger partial charge is 0.396 e. The maximum absolute atomic E-state index is 9.44. The molecular formula is C19H32N4OS. The molecule has 3 rings (SSSR count). The van der Waals surface area contributed by atoms with Gasteiger partial charge in [0.2, 0.25) is 0 Å². The highest BCUT2D eigenvalue weighted by atomic mass is 32.1. The predicted octanol–water partition coefficient (Wildman–Crippen LogP) is 2.58. The van der Waals surface area contributed by atoms with Crippen LogP contribution in [0.1, 0.15) is 38.0 Å². The van der Waals surface area contributed by atoms with Crippen LogP contribution < -0.4 is 4.90 Å². The van der Waals surface area contributed by atoms with Crippen LogP contribution >= 0.6 is 11.3 Å². The number of piperazine rings is 1. The standard InChI is InChI=1S/C19H32N4OS/c1-16(2)5-9-22-11-10-21(14-17(22)6-12-24)15-18-13-20-19(25-18)23-7-3-4-8-23/h5,13,17,24H,3-4,6-12,14-15H2,1-2H3/t17-/m1/s1. The molecule has 2 fully saturated rings. The summed E-state index contributed by atoms with van der Waals surface area (Å²) >= 11 is 1.85. The van der Waals surface area contributed by atoms with Gasteiger partial charge in [0.15, 0.2) is 5.13 Å². The fourth-order valence-corrected chi connectivity index (χ4v) is 4.71. The van der Waals surface area contributed by atoms with Gasteiger partial charge in [0, 0.05) is 69.5 Å². The normalized spacial score (nSPS) is 22.5. The molecule has 2 aliphatic heterocycles. The predicted molar refractivity (Wildman–Crippen MR) is 105 cm³/mol. The van der Waals surface area contributed by atoms with Gasteiger partial charge >= 0.3 is 0 Å². The Morgan fingerprint density at radius 3 is 2.80 bits per heavy atom. The van der Waals surface area contributed by atoms with Crippen molar-refractivity contribution in [2.45, 2.75) is 45.7 Å². The van der Waals surface area contributed by atoms with E-state index >= 15 is 0 Å². The molecule has 0 saturated carbocycles. The first-order valence-corrected chi connectivity index (χ1v) is 10.4. The van der Waals surface area contributed by atoms with Gasteiger partial charge in [-0.1, -0.05) is 11.6 Å². The molecule has 0 amide bonds. The minimum Gasteiger partial charge on any atom is -0.396 e. The average Bonchev–Trinajstić information content (AvgIpc) is 3.25. The zero-order valence-corrected chi connectivity index (χ0v) is 16.5. The summed E-state index contributed by atoms with van der Waals surface area (Å²) in [6.45, 7) is 12.1. The Bertz CT molecular complexity index is 564. The molecule has 2 aliphatic rings. The van der Waals surface area contributed by atoms with E-state index in [-0.39, 0.29) is 6.61 Å². The molecule has 1 N–H and O–H groups in total. The number of hydrogen-bond acceptors (Lipinski definition) is 6. The zero-order valence-electron chi connectivity index (χ0n) is 15.7. The number of aliphatic hydroxyl groups excluding tert-OH is 1. The van der Waals surface area contributed by atoms with Gasteiger partial charge in [0.1, 0.15) is 0 Å². The summed E-state index contributed by atoms with van der Waals surface area (Å²) in [5.41, 5.74) is 1.37. The zero-order chi connectivity index (χ0) is 17.6. The molecule has 25 heavy (non-hydrogen) atoms. The Morgan fingerprint density at radius 2 is 2.08 bits per heavy atom. The fourth-order valence-electron chi connectivity index (χ4n) is 3.71. The molecule has 0 aromatic carbocycles. The van der Waals surface area contributed by atoms with E-state index in [1.807, 2.05) is 11.3 Å². The van der Waals surface area contributed by atoms with Crippen LogP contribution in [0, 0.1) is 0 Å². The second-order valence-corrected chi connectivity index (χ2v) is 8.57. The minimum atomic E-state index is 0.267. The number of allylic oxidation sites excluding steroid dienone is 1. The molecule has 1 atom stereocenters. The van der Waals surface area contributed by atoms with Gasteiger partial charge < -0.3 is 10.0 Å². The maximum atomic E-state index is 9.44. The van der Waals surface area contributed by atoms with Crippen molar-refractivity contribution in [1.82, 2.24) is 14.8 Å². The molecule has 2 saturated heterocycles. The first-order valence-electron chi connectivity index (χ1n) is 9.56. The molecule has 0 radical (unpaired) electrons. The van der Waals surface area contributed by atoms with Crippen LogP contribution in [0.25, 0.3) is 0 Å². The van der Waals surface area contributed by atoms with Crippen LogP contribution in [-0.4, -0.2) is 71.8 Å². The van der Waals surface area contributed by atoms with Crippen molar-refractivity contribution in [2.75, 3.05) is 50.8 Å². The quantitative estimate of drug-likeness (QED) is 0.753. The van der Waals surface area contributed by atoms with Crippen LogP contribution in [0.4, 0.5) is 5.13 Å². The summed E-state index contributed by atoms with van der Waals surface area (Å²) in [6, 6.07) is 0.445. The molecule has 0 aliphatic carbocycles. The Kier molecular flexibility index (Phi) is 6.87. The first kappa shape index (κ1) is 18.8. The number of hydrogen-bond donors (Lipinski definition) is 1. The maximum Gasteiger partial charge on any atom is 0.185 e. The molecule has 1 aromatic rings. The lowest BCUT2D eigenvalue weighted by atomic mass is 10.1. The van der Waals surface area contributed by atoms with Crippen molar-refractivity contribution in [1.29, 1.82) is 0 Å². The Hall–Kier alpha value is -0.950. The number of nitrogens with zero attached hydrogens (tertiary/aromatic N) is 4. The van der Waals surface area contributed by atoms with Crippen LogP contribution in [0.15, 0.2) is 17.8 Å². The number of aliphatic hydroxyl groups is 1. The van der Waals surface area contributed by atoms with Crippen LogP contribution in [0.2, 0.25) is 0 Å². The molecule has 1 aromatic heterocycles. The van der Waals surface area contributed by atoms with Gasteiger partial charge in [0.25, 0.3) is 0 Å². The summed E-state index contributed by atoms with van der Waals surface area (Å²) in [4.78, 5) is 13.5. The van der Waals surface area contributed by atoms with Crippen LogP contribution in [0.5, 0.6) is 0 Å². The lowest BCUT2D eigenvalue weighted by Crippen LogP contribution is -2.52. The van der Waals surface area contributed by atoms with E-state index in [4.69, 9.17) is 0 Å². The van der Waals surface area contributed by atoms with Crippen molar-refractivity contribution in [3.05, 3.63) is 22.7 Å². The minimum absolute atomic E-state index is 0.267. The second kappa shape index (κ2) is 9.12. The summed E-state index contributed by atoms with van der Waals surface area (Å²) in [6.07, 6.45) is 7.81. The smallest absolute Gasteiger partial charge is 0.185 e. The molecule has 0 spiro atoms. The highest BCUT2D eigenvalue weighted by molar-refractivity contribution is 7.15. The number of rotatable bonds is 7. The average molecular weight is 365 g/mol. The monoisotopic (exact) mass is 364 g/mol. The molecular weight excluding hydrogens is 332 g/mol. The van der Waals surface area contributed by atoms with E-state index in [0.717, 1.165) is 52.2 Å². The van der Waals surface area contributed by atoms with Gasteiger partial charge in [-0.05, 0) is 33.1 Å². The second-order valence-electron chi connectivity index (χ2n) is 7.48. The van der Waals surface area contributed by atoms with Crippen molar-refractivity contribution >= 4 is 16.5 Å². The summed E-state index contributed by atoms with van der Waals surface area (Å²) in [7, 11) is 0. The van der Waals surface area contributed by atoms with E-state index in [1.165, 1.54) is 28.4 Å². The molecule has 0 unspecified atom stereocenters. The van der Waals surface area contributed by atoms with Crippen molar-refractivity contribution in [3.63, 3.8) is 0 Å². The lowest BCUT2D eigenvalue weighted by Gasteiger charge is -2.41. The molecule has 6 heteroatoms. The highest BCUT2D eigenvalue weighted by Gasteiger charge is 2.26. The van der Waals surface area contributed by atoms with Crippen molar-refractivity contribution in [2.24, 2.45) is 0 Å². The van der Waals surface area contributed by atoms with Crippen LogP contribution in [0.3, 0.4) is 0 Å². The number of thiazole rings is 1. The summed E-state index contributed by atoms with van der Waals surface area (Å²) < 4.78 is 0. The van der Waals surface area contributed by atoms with E-state index in [1.54, 1.807) is 0 Å². The summed E-state index contributed by atoms with van der Waals surface area (Å²) in [5.74, 6) is 0. The summed E-state index contributed by atoms with van der Waals surface area (Å²) in [5, 5.41) is 10.6. The molecule has 140 valence electrons. The van der Waals surface area contributed by atoms with Crippen molar-refractivity contribution < 1.29 is 5.11 Å². The van der Waals surface area contributed by atoms with E-state index < -0.39 is 0 Å². The third-order valence-electron chi connectivity index (χ3n) is 5.18. The van der Waals surface area contributed by atoms with E-state index in [2.05, 4.69) is 45.8 Å². The fraction of sp³-hybridized carbons (Fsp3) is 0.737. The van der Waals surface area contributed by atoms with E-state index in [0.29, 0.717) is 6.04 Å².